The number of aliphatic hydroxyl groups excluding tert-OH is 1. The van der Waals surface area contributed by atoms with Crippen LogP contribution in [0.1, 0.15) is 46.5 Å². The van der Waals surface area contributed by atoms with E-state index in [2.05, 4.69) is 20.8 Å². The van der Waals surface area contributed by atoms with Gasteiger partial charge in [0.25, 0.3) is 0 Å². The van der Waals surface area contributed by atoms with E-state index in [1.54, 1.807) is 0 Å². The van der Waals surface area contributed by atoms with Crippen molar-refractivity contribution >= 4 is 5.97 Å². The highest BCUT2D eigenvalue weighted by Crippen LogP contribution is 2.89. The number of cyclic esters (lactones) is 1. The molecule has 9 atom stereocenters. The largest absolute Gasteiger partial charge is 0.458 e. The summed E-state index contributed by atoms with van der Waals surface area (Å²) in [6, 6.07) is 0. The van der Waals surface area contributed by atoms with Crippen LogP contribution in [0.5, 0.6) is 0 Å². The first-order chi connectivity index (χ1) is 12.3. The van der Waals surface area contributed by atoms with Gasteiger partial charge in [0.05, 0.1) is 12.2 Å². The molecule has 7 aliphatic rings. The Morgan fingerprint density at radius 3 is 2.85 bits per heavy atom. The standard InChI is InChI=1S/C21H26O5/c1-9(2)20-15(26-20)13-7-19(13)18(3)5-4-10-11(8-24-16(10)22)12(18)6-14-21(19,25-14)17(20)23/h9,12-15,17,23H,4-8H2,1-3H3/t12-,13?,14-,15-,17+,18-,19-,20-,21+/m0/s1. The summed E-state index contributed by atoms with van der Waals surface area (Å²) in [7, 11) is 0. The molecule has 4 aliphatic carbocycles. The lowest BCUT2D eigenvalue weighted by molar-refractivity contribution is -0.136. The molecule has 0 aromatic rings. The molecule has 5 fully saturated rings. The number of hydrogen-bond donors (Lipinski definition) is 1. The normalized spacial score (nSPS) is 63.1. The average Bonchev–Trinajstić information content (AvgIpc) is 3.47. The van der Waals surface area contributed by atoms with Crippen molar-refractivity contribution in [3.05, 3.63) is 11.1 Å². The van der Waals surface area contributed by atoms with Gasteiger partial charge in [0.2, 0.25) is 0 Å². The smallest absolute Gasteiger partial charge is 0.334 e. The number of rotatable bonds is 1. The molecule has 1 N–H and O–H groups in total. The van der Waals surface area contributed by atoms with Gasteiger partial charge in [-0.05, 0) is 54.4 Å². The van der Waals surface area contributed by atoms with E-state index >= 15 is 0 Å². The molecule has 7 rings (SSSR count). The Kier molecular flexibility index (Phi) is 2.21. The molecule has 2 spiro atoms. The van der Waals surface area contributed by atoms with E-state index in [9.17, 15) is 9.90 Å². The molecule has 2 saturated heterocycles. The first kappa shape index (κ1) is 15.1. The van der Waals surface area contributed by atoms with Crippen LogP contribution < -0.4 is 0 Å². The van der Waals surface area contributed by atoms with Crippen molar-refractivity contribution < 1.29 is 24.1 Å². The molecule has 1 unspecified atom stereocenters. The molecule has 0 radical (unpaired) electrons. The highest BCUT2D eigenvalue weighted by atomic mass is 16.7. The molecular formula is C21H26O5. The Morgan fingerprint density at radius 1 is 1.27 bits per heavy atom. The zero-order valence-electron chi connectivity index (χ0n) is 15.6. The van der Waals surface area contributed by atoms with Crippen molar-refractivity contribution in [2.75, 3.05) is 6.61 Å². The van der Waals surface area contributed by atoms with Crippen LogP contribution in [0.4, 0.5) is 0 Å². The minimum Gasteiger partial charge on any atom is -0.458 e. The number of fused-ring (bicyclic) bond motifs is 4. The highest BCUT2D eigenvalue weighted by molar-refractivity contribution is 5.92. The third-order valence-electron chi connectivity index (χ3n) is 9.84. The van der Waals surface area contributed by atoms with E-state index in [0.29, 0.717) is 24.4 Å². The maximum atomic E-state index is 12.1. The summed E-state index contributed by atoms with van der Waals surface area (Å²) in [6.45, 7) is 7.20. The number of esters is 1. The first-order valence-electron chi connectivity index (χ1n) is 10.3. The third kappa shape index (κ3) is 1.15. The summed E-state index contributed by atoms with van der Waals surface area (Å²) in [6.07, 6.45) is 3.57. The van der Waals surface area contributed by atoms with Gasteiger partial charge in [-0.25, -0.2) is 4.79 Å². The zero-order valence-corrected chi connectivity index (χ0v) is 15.6. The maximum absolute atomic E-state index is 12.1. The monoisotopic (exact) mass is 358 g/mol. The molecular weight excluding hydrogens is 332 g/mol. The molecule has 3 saturated carbocycles. The van der Waals surface area contributed by atoms with E-state index in [-0.39, 0.29) is 29.0 Å². The Hall–Kier alpha value is -0.910. The number of epoxide rings is 2. The van der Waals surface area contributed by atoms with Crippen LogP contribution in [0.2, 0.25) is 0 Å². The molecule has 140 valence electrons. The molecule has 0 aromatic heterocycles. The summed E-state index contributed by atoms with van der Waals surface area (Å²) >= 11 is 0. The second-order valence-electron chi connectivity index (χ2n) is 10.4. The molecule has 0 bridgehead atoms. The molecule has 0 aromatic carbocycles. The van der Waals surface area contributed by atoms with Crippen LogP contribution in [0, 0.1) is 28.6 Å². The van der Waals surface area contributed by atoms with E-state index in [0.717, 1.165) is 31.3 Å². The maximum Gasteiger partial charge on any atom is 0.334 e. The number of carbonyl (C=O) groups excluding carboxylic acids is 1. The van der Waals surface area contributed by atoms with Crippen molar-refractivity contribution in [2.24, 2.45) is 28.6 Å². The predicted octanol–water partition coefficient (Wildman–Crippen LogP) is 1.97. The number of ether oxygens (including phenoxy) is 3. The molecule has 26 heavy (non-hydrogen) atoms. The quantitative estimate of drug-likeness (QED) is 0.573. The van der Waals surface area contributed by atoms with Crippen LogP contribution in [0.15, 0.2) is 11.1 Å². The number of aliphatic hydroxyl groups is 1. The summed E-state index contributed by atoms with van der Waals surface area (Å²) in [4.78, 5) is 12.1. The summed E-state index contributed by atoms with van der Waals surface area (Å²) < 4.78 is 18.1. The van der Waals surface area contributed by atoms with Crippen molar-refractivity contribution in [1.29, 1.82) is 0 Å². The summed E-state index contributed by atoms with van der Waals surface area (Å²) in [5.74, 6) is 1.04. The van der Waals surface area contributed by atoms with Crippen LogP contribution in [-0.4, -0.2) is 47.2 Å². The fourth-order valence-corrected chi connectivity index (χ4v) is 8.54. The SMILES string of the molecule is CC(C)[C@]12O[C@H]1C1C[C@]13[C@]1(O[C@H]1C[C@H]1C4=C(CC[C@@]13C)C(=O)OC4)[C@@H]2O. The Labute approximate surface area is 153 Å². The van der Waals surface area contributed by atoms with Gasteiger partial charge in [0.1, 0.15) is 23.9 Å². The van der Waals surface area contributed by atoms with Crippen LogP contribution in [0.3, 0.4) is 0 Å². The Balaban J connectivity index is 1.39. The number of carbonyl (C=O) groups is 1. The molecule has 0 amide bonds. The summed E-state index contributed by atoms with van der Waals surface area (Å²) in [5, 5.41) is 11.5. The lowest BCUT2D eigenvalue weighted by Gasteiger charge is -2.56. The second kappa shape index (κ2) is 3.81. The first-order valence-corrected chi connectivity index (χ1v) is 10.3. The second-order valence-corrected chi connectivity index (χ2v) is 10.4. The third-order valence-corrected chi connectivity index (χ3v) is 9.84. The van der Waals surface area contributed by atoms with Crippen LogP contribution >= 0.6 is 0 Å². The van der Waals surface area contributed by atoms with Crippen molar-refractivity contribution in [3.63, 3.8) is 0 Å². The summed E-state index contributed by atoms with van der Waals surface area (Å²) in [5.41, 5.74) is 1.43. The highest BCUT2D eigenvalue weighted by Gasteiger charge is 2.98. The Morgan fingerprint density at radius 2 is 2.08 bits per heavy atom. The average molecular weight is 358 g/mol. The predicted molar refractivity (Wildman–Crippen MR) is 90.0 cm³/mol. The van der Waals surface area contributed by atoms with E-state index in [4.69, 9.17) is 14.2 Å². The van der Waals surface area contributed by atoms with E-state index < -0.39 is 17.3 Å². The Bertz CT molecular complexity index is 817. The van der Waals surface area contributed by atoms with Crippen molar-refractivity contribution in [2.45, 2.75) is 76.0 Å². The topological polar surface area (TPSA) is 71.6 Å². The molecule has 5 heteroatoms. The lowest BCUT2D eigenvalue weighted by Crippen LogP contribution is -2.64. The molecule has 3 aliphatic heterocycles. The van der Waals surface area contributed by atoms with E-state index in [1.165, 1.54) is 5.57 Å². The van der Waals surface area contributed by atoms with Gasteiger partial charge in [-0.15, -0.1) is 0 Å². The van der Waals surface area contributed by atoms with Crippen molar-refractivity contribution in [3.8, 4) is 0 Å². The zero-order chi connectivity index (χ0) is 17.9. The van der Waals surface area contributed by atoms with E-state index in [1.807, 2.05) is 0 Å². The van der Waals surface area contributed by atoms with Gasteiger partial charge in [0.15, 0.2) is 0 Å². The minimum absolute atomic E-state index is 0.0106. The van der Waals surface area contributed by atoms with Gasteiger partial charge in [-0.1, -0.05) is 20.8 Å². The van der Waals surface area contributed by atoms with Crippen LogP contribution in [0.25, 0.3) is 0 Å². The number of hydrogen-bond acceptors (Lipinski definition) is 5. The van der Waals surface area contributed by atoms with Gasteiger partial charge in [-0.3, -0.25) is 0 Å². The van der Waals surface area contributed by atoms with Gasteiger partial charge in [-0.2, -0.15) is 0 Å². The molecule has 5 nitrogen and oxygen atoms in total. The minimum atomic E-state index is -0.529. The van der Waals surface area contributed by atoms with Gasteiger partial charge < -0.3 is 19.3 Å². The van der Waals surface area contributed by atoms with Gasteiger partial charge in [0, 0.05) is 11.0 Å². The fraction of sp³-hybridized carbons (Fsp3) is 0.857. The fourth-order valence-electron chi connectivity index (χ4n) is 8.54. The lowest BCUT2D eigenvalue weighted by atomic mass is 9.45. The van der Waals surface area contributed by atoms with Gasteiger partial charge >= 0.3 is 5.97 Å². The van der Waals surface area contributed by atoms with Crippen LogP contribution in [-0.2, 0) is 19.0 Å². The molecule has 3 heterocycles. The van der Waals surface area contributed by atoms with Crippen molar-refractivity contribution in [1.82, 2.24) is 0 Å².